The number of fused-ring (bicyclic) bond motifs is 1. The Morgan fingerprint density at radius 2 is 1.88 bits per heavy atom. The monoisotopic (exact) mass is 352 g/mol. The lowest BCUT2D eigenvalue weighted by molar-refractivity contribution is 0.0991. The van der Waals surface area contributed by atoms with Crippen LogP contribution in [0.3, 0.4) is 0 Å². The molecule has 0 bridgehead atoms. The molecule has 0 aliphatic carbocycles. The summed E-state index contributed by atoms with van der Waals surface area (Å²) < 4.78 is 16.3. The van der Waals surface area contributed by atoms with Gasteiger partial charge in [0.25, 0.3) is 5.91 Å². The largest absolute Gasteiger partial charge is 0.302 e. The highest BCUT2D eigenvalue weighted by atomic mass is 32.1. The van der Waals surface area contributed by atoms with Crippen LogP contribution < -0.4 is 4.80 Å². The number of hydrogen-bond donors (Lipinski definition) is 0. The molecule has 124 valence electrons. The Balaban J connectivity index is 2.10. The van der Waals surface area contributed by atoms with Crippen LogP contribution in [0.15, 0.2) is 47.5 Å². The molecule has 3 aromatic rings. The quantitative estimate of drug-likeness (QED) is 0.536. The molecular weight excluding hydrogens is 339 g/mol. The molecule has 3 rings (SSSR count). The molecule has 0 radical (unpaired) electrons. The number of Topliss-reactive ketones (excluding diaryl/α,β-unsaturated/α-hetero) is 1. The fourth-order valence-electron chi connectivity index (χ4n) is 2.41. The highest BCUT2D eigenvalue weighted by Gasteiger charge is 2.12. The van der Waals surface area contributed by atoms with Gasteiger partial charge in [-0.05, 0) is 31.2 Å². The standard InChI is InChI=1S/C19H13FN2O2S/c1-3-11-22-17-15(20)5-4-6-16(17)25-19(22)21-18(24)14-9-7-13(8-10-14)12(2)23/h1,4-10H,11H2,2H3. The lowest BCUT2D eigenvalue weighted by Crippen LogP contribution is -2.17. The molecule has 0 fully saturated rings. The topological polar surface area (TPSA) is 51.4 Å². The van der Waals surface area contributed by atoms with Crippen LogP contribution in [0.1, 0.15) is 27.6 Å². The minimum absolute atomic E-state index is 0.0808. The summed E-state index contributed by atoms with van der Waals surface area (Å²) >= 11 is 1.19. The summed E-state index contributed by atoms with van der Waals surface area (Å²) in [4.78, 5) is 28.1. The molecule has 0 aliphatic heterocycles. The molecule has 0 saturated heterocycles. The Hall–Kier alpha value is -3.04. The molecule has 0 spiro atoms. The zero-order valence-corrected chi connectivity index (χ0v) is 14.1. The summed E-state index contributed by atoms with van der Waals surface area (Å²) in [6, 6.07) is 10.9. The second kappa shape index (κ2) is 6.83. The summed E-state index contributed by atoms with van der Waals surface area (Å²) in [5.41, 5.74) is 1.20. The van der Waals surface area contributed by atoms with E-state index in [2.05, 4.69) is 10.9 Å². The van der Waals surface area contributed by atoms with Gasteiger partial charge in [0.05, 0.1) is 16.8 Å². The first-order chi connectivity index (χ1) is 12.0. The average Bonchev–Trinajstić information content (AvgIpc) is 2.94. The summed E-state index contributed by atoms with van der Waals surface area (Å²) in [6.45, 7) is 1.56. The van der Waals surface area contributed by atoms with Crippen LogP contribution >= 0.6 is 11.3 Å². The summed E-state index contributed by atoms with van der Waals surface area (Å²) in [5.74, 6) is 1.48. The number of terminal acetylenes is 1. The van der Waals surface area contributed by atoms with Crippen molar-refractivity contribution in [3.05, 3.63) is 64.2 Å². The van der Waals surface area contributed by atoms with Gasteiger partial charge in [0.15, 0.2) is 10.6 Å². The van der Waals surface area contributed by atoms with Crippen molar-refractivity contribution in [2.24, 2.45) is 4.99 Å². The van der Waals surface area contributed by atoms with E-state index in [0.29, 0.717) is 26.1 Å². The maximum Gasteiger partial charge on any atom is 0.279 e. The zero-order valence-electron chi connectivity index (χ0n) is 13.3. The van der Waals surface area contributed by atoms with Crippen LogP contribution in [-0.2, 0) is 6.54 Å². The van der Waals surface area contributed by atoms with Crippen molar-refractivity contribution < 1.29 is 14.0 Å². The van der Waals surface area contributed by atoms with Gasteiger partial charge < -0.3 is 4.57 Å². The van der Waals surface area contributed by atoms with Gasteiger partial charge in [0.1, 0.15) is 5.82 Å². The van der Waals surface area contributed by atoms with E-state index in [4.69, 9.17) is 6.42 Å². The maximum absolute atomic E-state index is 14.1. The van der Waals surface area contributed by atoms with Crippen LogP contribution in [0.5, 0.6) is 0 Å². The van der Waals surface area contributed by atoms with Gasteiger partial charge in [-0.1, -0.05) is 35.5 Å². The molecule has 1 heterocycles. The van der Waals surface area contributed by atoms with Gasteiger partial charge in [-0.15, -0.1) is 6.42 Å². The van der Waals surface area contributed by atoms with Crippen molar-refractivity contribution >= 4 is 33.2 Å². The van der Waals surface area contributed by atoms with E-state index < -0.39 is 11.7 Å². The molecule has 25 heavy (non-hydrogen) atoms. The fraction of sp³-hybridized carbons (Fsp3) is 0.105. The lowest BCUT2D eigenvalue weighted by Gasteiger charge is -2.01. The van der Waals surface area contributed by atoms with E-state index in [-0.39, 0.29) is 12.3 Å². The Labute approximate surface area is 147 Å². The van der Waals surface area contributed by atoms with Crippen LogP contribution in [0.4, 0.5) is 4.39 Å². The summed E-state index contributed by atoms with van der Waals surface area (Å²) in [7, 11) is 0. The average molecular weight is 352 g/mol. The third-order valence-electron chi connectivity index (χ3n) is 3.64. The van der Waals surface area contributed by atoms with Crippen LogP contribution in [0.2, 0.25) is 0 Å². The number of benzene rings is 2. The predicted octanol–water partition coefficient (Wildman–Crippen LogP) is 3.42. The Morgan fingerprint density at radius 1 is 1.20 bits per heavy atom. The van der Waals surface area contributed by atoms with Crippen molar-refractivity contribution in [2.75, 3.05) is 0 Å². The molecule has 0 atom stereocenters. The van der Waals surface area contributed by atoms with Gasteiger partial charge in [-0.2, -0.15) is 4.99 Å². The molecule has 4 nitrogen and oxygen atoms in total. The van der Waals surface area contributed by atoms with E-state index in [1.54, 1.807) is 36.4 Å². The predicted molar refractivity (Wildman–Crippen MR) is 94.9 cm³/mol. The maximum atomic E-state index is 14.1. The minimum atomic E-state index is -0.479. The van der Waals surface area contributed by atoms with Gasteiger partial charge in [-0.3, -0.25) is 9.59 Å². The number of nitrogens with zero attached hydrogens (tertiary/aromatic N) is 2. The molecule has 1 amide bonds. The van der Waals surface area contributed by atoms with Gasteiger partial charge in [-0.25, -0.2) is 4.39 Å². The minimum Gasteiger partial charge on any atom is -0.302 e. The molecular formula is C19H13FN2O2S. The van der Waals surface area contributed by atoms with E-state index in [1.165, 1.54) is 28.9 Å². The smallest absolute Gasteiger partial charge is 0.279 e. The highest BCUT2D eigenvalue weighted by molar-refractivity contribution is 7.16. The number of rotatable bonds is 3. The number of thiazole rings is 1. The van der Waals surface area contributed by atoms with Crippen LogP contribution in [-0.4, -0.2) is 16.3 Å². The van der Waals surface area contributed by atoms with E-state index >= 15 is 0 Å². The second-order valence-corrected chi connectivity index (χ2v) is 6.32. The summed E-state index contributed by atoms with van der Waals surface area (Å²) in [6.07, 6.45) is 5.37. The Kier molecular flexibility index (Phi) is 4.59. The van der Waals surface area contributed by atoms with Crippen molar-refractivity contribution in [1.29, 1.82) is 0 Å². The molecule has 0 saturated carbocycles. The Morgan fingerprint density at radius 3 is 2.52 bits per heavy atom. The van der Waals surface area contributed by atoms with E-state index in [1.807, 2.05) is 0 Å². The van der Waals surface area contributed by atoms with Crippen LogP contribution in [0.25, 0.3) is 10.2 Å². The third kappa shape index (κ3) is 3.28. The second-order valence-electron chi connectivity index (χ2n) is 5.31. The number of halogens is 1. The van der Waals surface area contributed by atoms with Crippen molar-refractivity contribution in [3.8, 4) is 12.3 Å². The molecule has 1 aromatic heterocycles. The number of aromatic nitrogens is 1. The molecule has 0 aliphatic rings. The zero-order chi connectivity index (χ0) is 18.0. The first kappa shape index (κ1) is 16.8. The van der Waals surface area contributed by atoms with Crippen molar-refractivity contribution in [1.82, 2.24) is 4.57 Å². The molecule has 0 N–H and O–H groups in total. The normalized spacial score (nSPS) is 11.5. The van der Waals surface area contributed by atoms with Gasteiger partial charge in [0.2, 0.25) is 0 Å². The van der Waals surface area contributed by atoms with E-state index in [0.717, 1.165) is 0 Å². The SMILES string of the molecule is C#CCn1c(=NC(=O)c2ccc(C(C)=O)cc2)sc2cccc(F)c21. The van der Waals surface area contributed by atoms with Gasteiger partial charge in [0, 0.05) is 11.1 Å². The molecule has 0 unspecified atom stereocenters. The summed E-state index contributed by atoms with van der Waals surface area (Å²) in [5, 5.41) is 0. The van der Waals surface area contributed by atoms with Crippen LogP contribution in [0, 0.1) is 18.2 Å². The lowest BCUT2D eigenvalue weighted by atomic mass is 10.1. The fourth-order valence-corrected chi connectivity index (χ4v) is 3.45. The number of para-hydroxylation sites is 1. The number of carbonyl (C=O) groups excluding carboxylic acids is 2. The first-order valence-corrected chi connectivity index (χ1v) is 8.24. The third-order valence-corrected chi connectivity index (χ3v) is 4.68. The number of carbonyl (C=O) groups is 2. The number of hydrogen-bond acceptors (Lipinski definition) is 3. The van der Waals surface area contributed by atoms with Crippen molar-refractivity contribution in [3.63, 3.8) is 0 Å². The number of ketones is 1. The number of amides is 1. The van der Waals surface area contributed by atoms with E-state index in [9.17, 15) is 14.0 Å². The molecule has 6 heteroatoms. The highest BCUT2D eigenvalue weighted by Crippen LogP contribution is 2.20. The van der Waals surface area contributed by atoms with Crippen molar-refractivity contribution in [2.45, 2.75) is 13.5 Å². The Bertz CT molecular complexity index is 1090. The molecule has 2 aromatic carbocycles. The van der Waals surface area contributed by atoms with Gasteiger partial charge >= 0.3 is 0 Å². The first-order valence-electron chi connectivity index (χ1n) is 7.42.